The number of hydrogen-bond donors (Lipinski definition) is 1. The van der Waals surface area contributed by atoms with Gasteiger partial charge in [0.1, 0.15) is 0 Å². The Bertz CT molecular complexity index is 196. The van der Waals surface area contributed by atoms with Gasteiger partial charge in [0.2, 0.25) is 0 Å². The molecule has 0 saturated carbocycles. The lowest BCUT2D eigenvalue weighted by Gasteiger charge is -2.33. The molecule has 0 amide bonds. The number of nitrogens with zero attached hydrogens (tertiary/aromatic N) is 2. The summed E-state index contributed by atoms with van der Waals surface area (Å²) in [7, 11) is 6.58. The molecule has 0 aliphatic carbocycles. The Morgan fingerprint density at radius 3 is 2.82 bits per heavy atom. The van der Waals surface area contributed by atoms with Crippen LogP contribution in [0.3, 0.4) is 0 Å². The highest BCUT2D eigenvalue weighted by Crippen LogP contribution is 2.17. The van der Waals surface area contributed by atoms with E-state index in [9.17, 15) is 0 Å². The molecule has 2 atom stereocenters. The van der Waals surface area contributed by atoms with Crippen LogP contribution in [0, 0.1) is 5.92 Å². The van der Waals surface area contributed by atoms with Gasteiger partial charge in [-0.25, -0.2) is 0 Å². The third-order valence-electron chi connectivity index (χ3n) is 3.94. The minimum Gasteiger partial charge on any atom is -0.319 e. The lowest BCUT2D eigenvalue weighted by molar-refractivity contribution is 0.157. The molecule has 3 heteroatoms. The van der Waals surface area contributed by atoms with Crippen molar-refractivity contribution in [3.63, 3.8) is 0 Å². The summed E-state index contributed by atoms with van der Waals surface area (Å²) in [6.07, 6.45) is 5.55. The number of hydrogen-bond acceptors (Lipinski definition) is 3. The Labute approximate surface area is 108 Å². The Hall–Kier alpha value is -0.120. The van der Waals surface area contributed by atoms with Gasteiger partial charge in [-0.1, -0.05) is 13.3 Å². The van der Waals surface area contributed by atoms with Crippen molar-refractivity contribution in [2.45, 2.75) is 38.6 Å². The number of likely N-dealkylation sites (tertiary alicyclic amines) is 1. The standard InChI is InChI=1S/C14H31N3/c1-13(11-15-2)12-16(3)10-8-14-7-5-6-9-17(14)4/h13-15H,5-12H2,1-4H3. The highest BCUT2D eigenvalue weighted by molar-refractivity contribution is 4.75. The first kappa shape index (κ1) is 14.9. The maximum absolute atomic E-state index is 3.25. The Morgan fingerprint density at radius 1 is 1.41 bits per heavy atom. The molecule has 1 N–H and O–H groups in total. The first-order chi connectivity index (χ1) is 8.13. The lowest BCUT2D eigenvalue weighted by atomic mass is 10.00. The fourth-order valence-electron chi connectivity index (χ4n) is 2.91. The molecule has 1 rings (SSSR count). The van der Waals surface area contributed by atoms with Gasteiger partial charge in [-0.2, -0.15) is 0 Å². The quantitative estimate of drug-likeness (QED) is 0.731. The van der Waals surface area contributed by atoms with Gasteiger partial charge in [0.05, 0.1) is 0 Å². The Kier molecular flexibility index (Phi) is 7.09. The van der Waals surface area contributed by atoms with E-state index in [-0.39, 0.29) is 0 Å². The zero-order valence-electron chi connectivity index (χ0n) is 12.2. The van der Waals surface area contributed by atoms with Crippen LogP contribution < -0.4 is 5.32 Å². The fourth-order valence-corrected chi connectivity index (χ4v) is 2.91. The monoisotopic (exact) mass is 241 g/mol. The minimum absolute atomic E-state index is 0.745. The van der Waals surface area contributed by atoms with Crippen molar-refractivity contribution in [3.8, 4) is 0 Å². The van der Waals surface area contributed by atoms with Crippen molar-refractivity contribution in [1.82, 2.24) is 15.1 Å². The van der Waals surface area contributed by atoms with Crippen LogP contribution in [-0.4, -0.2) is 63.2 Å². The molecule has 1 saturated heterocycles. The molecule has 0 spiro atoms. The van der Waals surface area contributed by atoms with E-state index in [0.29, 0.717) is 0 Å². The van der Waals surface area contributed by atoms with Gasteiger partial charge in [-0.15, -0.1) is 0 Å². The van der Waals surface area contributed by atoms with Crippen LogP contribution >= 0.6 is 0 Å². The third kappa shape index (κ3) is 5.84. The average Bonchev–Trinajstić information content (AvgIpc) is 2.28. The van der Waals surface area contributed by atoms with Gasteiger partial charge in [0.25, 0.3) is 0 Å². The van der Waals surface area contributed by atoms with Crippen molar-refractivity contribution in [3.05, 3.63) is 0 Å². The molecule has 0 aromatic rings. The smallest absolute Gasteiger partial charge is 0.0104 e. The highest BCUT2D eigenvalue weighted by atomic mass is 15.1. The van der Waals surface area contributed by atoms with Crippen molar-refractivity contribution in [2.24, 2.45) is 5.92 Å². The molecule has 2 unspecified atom stereocenters. The number of piperidine rings is 1. The van der Waals surface area contributed by atoms with Crippen molar-refractivity contribution < 1.29 is 0 Å². The predicted molar refractivity (Wildman–Crippen MR) is 75.5 cm³/mol. The second-order valence-corrected chi connectivity index (χ2v) is 5.84. The molecule has 1 fully saturated rings. The fraction of sp³-hybridized carbons (Fsp3) is 1.00. The molecule has 0 bridgehead atoms. The average molecular weight is 241 g/mol. The summed E-state index contributed by atoms with van der Waals surface area (Å²) in [5.41, 5.74) is 0. The first-order valence-corrected chi connectivity index (χ1v) is 7.17. The molecule has 17 heavy (non-hydrogen) atoms. The van der Waals surface area contributed by atoms with E-state index in [2.05, 4.69) is 36.1 Å². The largest absolute Gasteiger partial charge is 0.319 e. The second-order valence-electron chi connectivity index (χ2n) is 5.84. The summed E-state index contributed by atoms with van der Waals surface area (Å²) in [5, 5.41) is 3.25. The maximum Gasteiger partial charge on any atom is 0.0104 e. The van der Waals surface area contributed by atoms with Crippen LogP contribution in [0.1, 0.15) is 32.6 Å². The molecule has 0 aromatic carbocycles. The van der Waals surface area contributed by atoms with E-state index in [1.807, 2.05) is 7.05 Å². The van der Waals surface area contributed by atoms with Gasteiger partial charge >= 0.3 is 0 Å². The molecule has 1 aliphatic rings. The maximum atomic E-state index is 3.25. The van der Waals surface area contributed by atoms with Gasteiger partial charge in [-0.3, -0.25) is 0 Å². The SMILES string of the molecule is CNCC(C)CN(C)CCC1CCCCN1C. The number of nitrogens with one attached hydrogen (secondary N) is 1. The molecule has 1 aliphatic heterocycles. The zero-order chi connectivity index (χ0) is 12.7. The minimum atomic E-state index is 0.745. The predicted octanol–water partition coefficient (Wildman–Crippen LogP) is 1.65. The van der Waals surface area contributed by atoms with Crippen LogP contribution in [-0.2, 0) is 0 Å². The topological polar surface area (TPSA) is 18.5 Å². The summed E-state index contributed by atoms with van der Waals surface area (Å²) < 4.78 is 0. The Morgan fingerprint density at radius 2 is 2.18 bits per heavy atom. The van der Waals surface area contributed by atoms with E-state index >= 15 is 0 Å². The molecule has 102 valence electrons. The number of rotatable bonds is 7. The van der Waals surface area contributed by atoms with Gasteiger partial charge in [0, 0.05) is 12.6 Å². The third-order valence-corrected chi connectivity index (χ3v) is 3.94. The normalized spacial score (nSPS) is 24.2. The highest BCUT2D eigenvalue weighted by Gasteiger charge is 2.19. The summed E-state index contributed by atoms with van der Waals surface area (Å²) in [4.78, 5) is 5.04. The molecule has 0 radical (unpaired) electrons. The van der Waals surface area contributed by atoms with Crippen LogP contribution in [0.4, 0.5) is 0 Å². The van der Waals surface area contributed by atoms with E-state index in [1.54, 1.807) is 0 Å². The summed E-state index contributed by atoms with van der Waals surface area (Å²) >= 11 is 0. The molecular weight excluding hydrogens is 210 g/mol. The van der Waals surface area contributed by atoms with Crippen LogP contribution in [0.5, 0.6) is 0 Å². The van der Waals surface area contributed by atoms with E-state index < -0.39 is 0 Å². The summed E-state index contributed by atoms with van der Waals surface area (Å²) in [5.74, 6) is 0.745. The van der Waals surface area contributed by atoms with Crippen LogP contribution in [0.25, 0.3) is 0 Å². The van der Waals surface area contributed by atoms with E-state index in [1.165, 1.54) is 45.3 Å². The Balaban J connectivity index is 2.15. The van der Waals surface area contributed by atoms with E-state index in [0.717, 1.165) is 18.5 Å². The van der Waals surface area contributed by atoms with Crippen LogP contribution in [0.15, 0.2) is 0 Å². The molecule has 3 nitrogen and oxygen atoms in total. The molecule has 0 aromatic heterocycles. The molecule has 1 heterocycles. The summed E-state index contributed by atoms with van der Waals surface area (Å²) in [6, 6.07) is 0.825. The van der Waals surface area contributed by atoms with Gasteiger partial charge < -0.3 is 15.1 Å². The van der Waals surface area contributed by atoms with Crippen LogP contribution in [0.2, 0.25) is 0 Å². The molecular formula is C14H31N3. The van der Waals surface area contributed by atoms with Gasteiger partial charge in [-0.05, 0) is 66.0 Å². The van der Waals surface area contributed by atoms with Crippen molar-refractivity contribution >= 4 is 0 Å². The van der Waals surface area contributed by atoms with Gasteiger partial charge in [0.15, 0.2) is 0 Å². The second kappa shape index (κ2) is 8.06. The summed E-state index contributed by atoms with van der Waals surface area (Å²) in [6.45, 7) is 7.18. The van der Waals surface area contributed by atoms with Crippen molar-refractivity contribution in [1.29, 1.82) is 0 Å². The van der Waals surface area contributed by atoms with Crippen molar-refractivity contribution in [2.75, 3.05) is 47.3 Å². The zero-order valence-corrected chi connectivity index (χ0v) is 12.2. The lowest BCUT2D eigenvalue weighted by Crippen LogP contribution is -2.39. The first-order valence-electron chi connectivity index (χ1n) is 7.17. The van der Waals surface area contributed by atoms with E-state index in [4.69, 9.17) is 0 Å².